The molecule has 3 N–H and O–H groups in total. The topological polar surface area (TPSA) is 107 Å². The largest absolute Gasteiger partial charge is 0.477 e. The molecule has 3 aromatic rings. The zero-order chi connectivity index (χ0) is 21.6. The molecular weight excluding hydrogens is 425 g/mol. The third kappa shape index (κ3) is 3.94. The summed E-state index contributed by atoms with van der Waals surface area (Å²) in [5.74, 6) is -1.85. The minimum atomic E-state index is -1.32. The Hall–Kier alpha value is -2.81. The van der Waals surface area contributed by atoms with Crippen molar-refractivity contribution in [3.05, 3.63) is 69.0 Å². The van der Waals surface area contributed by atoms with Crippen molar-refractivity contribution in [2.45, 2.75) is 31.7 Å². The van der Waals surface area contributed by atoms with Crippen LogP contribution in [0.4, 0.5) is 4.39 Å². The first-order chi connectivity index (χ1) is 14.3. The van der Waals surface area contributed by atoms with E-state index in [-0.39, 0.29) is 36.1 Å². The first-order valence-corrected chi connectivity index (χ1v) is 9.66. The number of carboxylic acid groups (broad SMARTS) is 1. The molecule has 0 aromatic carbocycles. The summed E-state index contributed by atoms with van der Waals surface area (Å²) in [6, 6.07) is 4.43. The highest BCUT2D eigenvalue weighted by molar-refractivity contribution is 5.89. The highest BCUT2D eigenvalue weighted by atomic mass is 35.5. The summed E-state index contributed by atoms with van der Waals surface area (Å²) in [5.41, 5.74) is 8.15. The highest BCUT2D eigenvalue weighted by Gasteiger charge is 2.30. The first kappa shape index (κ1) is 22.9. The minimum absolute atomic E-state index is 0. The molecule has 1 atom stereocenters. The predicted octanol–water partition coefficient (Wildman–Crippen LogP) is 3.45. The van der Waals surface area contributed by atoms with Crippen LogP contribution in [0.2, 0.25) is 0 Å². The van der Waals surface area contributed by atoms with Crippen LogP contribution in [0.15, 0.2) is 35.4 Å². The number of fused-ring (bicyclic) bond motifs is 1. The molecule has 164 valence electrons. The molecular formula is C22H23ClFN3O4. The van der Waals surface area contributed by atoms with Gasteiger partial charge in [0.2, 0.25) is 0 Å². The van der Waals surface area contributed by atoms with Gasteiger partial charge in [-0.1, -0.05) is 6.07 Å². The Balaban J connectivity index is 0.00000272. The molecule has 3 heterocycles. The normalized spacial score (nSPS) is 14.3. The zero-order valence-corrected chi connectivity index (χ0v) is 17.9. The first-order valence-electron chi connectivity index (χ1n) is 9.66. The number of carboxylic acids is 1. The SMILES string of the molecule is COCC(N)c1cccnc1-c1c(F)cn2c(=O)c(C(=O)O)cc(C3CC3)c2c1C.Cl. The van der Waals surface area contributed by atoms with E-state index in [1.165, 1.54) is 13.2 Å². The van der Waals surface area contributed by atoms with E-state index >= 15 is 4.39 Å². The van der Waals surface area contributed by atoms with E-state index in [0.717, 1.165) is 29.0 Å². The van der Waals surface area contributed by atoms with Crippen molar-refractivity contribution in [3.63, 3.8) is 0 Å². The van der Waals surface area contributed by atoms with Crippen LogP contribution in [-0.2, 0) is 4.74 Å². The molecule has 31 heavy (non-hydrogen) atoms. The lowest BCUT2D eigenvalue weighted by Gasteiger charge is -2.19. The Labute approximate surface area is 184 Å². The molecule has 0 saturated heterocycles. The number of aromatic nitrogens is 2. The fourth-order valence-electron chi connectivity index (χ4n) is 4.00. The molecule has 1 saturated carbocycles. The van der Waals surface area contributed by atoms with E-state index in [0.29, 0.717) is 22.3 Å². The van der Waals surface area contributed by atoms with Crippen LogP contribution in [0, 0.1) is 12.7 Å². The van der Waals surface area contributed by atoms with Crippen molar-refractivity contribution >= 4 is 23.9 Å². The van der Waals surface area contributed by atoms with E-state index in [1.54, 1.807) is 25.3 Å². The van der Waals surface area contributed by atoms with E-state index < -0.39 is 23.4 Å². The number of halogens is 2. The molecule has 0 amide bonds. The Kier molecular flexibility index (Phi) is 6.45. The van der Waals surface area contributed by atoms with Gasteiger partial charge in [0.15, 0.2) is 0 Å². The van der Waals surface area contributed by atoms with Crippen molar-refractivity contribution in [3.8, 4) is 11.3 Å². The fourth-order valence-corrected chi connectivity index (χ4v) is 4.00. The van der Waals surface area contributed by atoms with Crippen LogP contribution < -0.4 is 11.3 Å². The molecule has 7 nitrogen and oxygen atoms in total. The summed E-state index contributed by atoms with van der Waals surface area (Å²) in [4.78, 5) is 28.7. The number of methoxy groups -OCH3 is 1. The molecule has 9 heteroatoms. The van der Waals surface area contributed by atoms with Crippen LogP contribution in [0.5, 0.6) is 0 Å². The molecule has 0 aliphatic heterocycles. The summed E-state index contributed by atoms with van der Waals surface area (Å²) >= 11 is 0. The summed E-state index contributed by atoms with van der Waals surface area (Å²) in [7, 11) is 1.53. The molecule has 0 radical (unpaired) electrons. The van der Waals surface area contributed by atoms with Crippen LogP contribution in [0.1, 0.15) is 51.8 Å². The summed E-state index contributed by atoms with van der Waals surface area (Å²) < 4.78 is 21.6. The van der Waals surface area contributed by atoms with Crippen molar-refractivity contribution < 1.29 is 19.0 Å². The van der Waals surface area contributed by atoms with Gasteiger partial charge in [-0.3, -0.25) is 14.2 Å². The molecule has 1 aliphatic carbocycles. The van der Waals surface area contributed by atoms with Crippen molar-refractivity contribution in [1.29, 1.82) is 0 Å². The molecule has 0 bridgehead atoms. The second-order valence-electron chi connectivity index (χ2n) is 7.60. The Bertz CT molecular complexity index is 1220. The van der Waals surface area contributed by atoms with E-state index in [2.05, 4.69) is 4.98 Å². The van der Waals surface area contributed by atoms with Gasteiger partial charge >= 0.3 is 5.97 Å². The maximum absolute atomic E-state index is 15.3. The monoisotopic (exact) mass is 447 g/mol. The lowest BCUT2D eigenvalue weighted by molar-refractivity contribution is 0.0694. The van der Waals surface area contributed by atoms with Gasteiger partial charge < -0.3 is 15.6 Å². The van der Waals surface area contributed by atoms with Gasteiger partial charge in [-0.2, -0.15) is 0 Å². The predicted molar refractivity (Wildman–Crippen MR) is 117 cm³/mol. The number of aryl methyl sites for hydroxylation is 1. The molecule has 4 rings (SSSR count). The van der Waals surface area contributed by atoms with Gasteiger partial charge in [0.25, 0.3) is 5.56 Å². The average molecular weight is 448 g/mol. The van der Waals surface area contributed by atoms with Crippen LogP contribution >= 0.6 is 12.4 Å². The average Bonchev–Trinajstić information content (AvgIpc) is 3.54. The smallest absolute Gasteiger partial charge is 0.341 e. The van der Waals surface area contributed by atoms with Gasteiger partial charge in [-0.25, -0.2) is 9.18 Å². The number of nitrogens with two attached hydrogens (primary N) is 1. The van der Waals surface area contributed by atoms with Crippen LogP contribution in [0.3, 0.4) is 0 Å². The van der Waals surface area contributed by atoms with Gasteiger partial charge in [0.1, 0.15) is 11.4 Å². The molecule has 3 aromatic heterocycles. The summed E-state index contributed by atoms with van der Waals surface area (Å²) in [5, 5.41) is 9.43. The third-order valence-electron chi connectivity index (χ3n) is 5.54. The molecule has 1 aliphatic rings. The number of carbonyl (C=O) groups is 1. The number of ether oxygens (including phenoxy) is 1. The van der Waals surface area contributed by atoms with Gasteiger partial charge in [-0.05, 0) is 54.5 Å². The van der Waals surface area contributed by atoms with E-state index in [9.17, 15) is 14.7 Å². The van der Waals surface area contributed by atoms with E-state index in [1.807, 2.05) is 0 Å². The van der Waals surface area contributed by atoms with Crippen LogP contribution in [0.25, 0.3) is 16.8 Å². The maximum atomic E-state index is 15.3. The number of aromatic carboxylic acids is 1. The van der Waals surface area contributed by atoms with Crippen molar-refractivity contribution in [2.75, 3.05) is 13.7 Å². The summed E-state index contributed by atoms with van der Waals surface area (Å²) in [6.45, 7) is 1.96. The lowest BCUT2D eigenvalue weighted by atomic mass is 9.94. The minimum Gasteiger partial charge on any atom is -0.477 e. The lowest BCUT2D eigenvalue weighted by Crippen LogP contribution is -2.24. The third-order valence-corrected chi connectivity index (χ3v) is 5.54. The zero-order valence-electron chi connectivity index (χ0n) is 17.1. The van der Waals surface area contributed by atoms with Gasteiger partial charge in [0.05, 0.1) is 23.9 Å². The second kappa shape index (κ2) is 8.74. The Morgan fingerprint density at radius 1 is 1.45 bits per heavy atom. The standard InChI is InChI=1S/C22H22FN3O4.ClH/c1-11-18(19-13(4-3-7-25-19)17(24)10-30-2)16(23)9-26-20(11)14(12-5-6-12)8-15(21(26)27)22(28)29;/h3-4,7-9,12,17H,5-6,10,24H2,1-2H3,(H,28,29);1H. The van der Waals surface area contributed by atoms with Gasteiger partial charge in [0, 0.05) is 25.1 Å². The van der Waals surface area contributed by atoms with Gasteiger partial charge in [-0.15, -0.1) is 12.4 Å². The van der Waals surface area contributed by atoms with Crippen LogP contribution in [-0.4, -0.2) is 34.2 Å². The molecule has 1 unspecified atom stereocenters. The number of nitrogens with zero attached hydrogens (tertiary/aromatic N) is 2. The van der Waals surface area contributed by atoms with E-state index in [4.69, 9.17) is 10.5 Å². The number of hydrogen-bond acceptors (Lipinski definition) is 5. The van der Waals surface area contributed by atoms with Crippen molar-refractivity contribution in [2.24, 2.45) is 5.73 Å². The van der Waals surface area contributed by atoms with Crippen molar-refractivity contribution in [1.82, 2.24) is 9.38 Å². The number of rotatable bonds is 6. The Morgan fingerprint density at radius 2 is 2.16 bits per heavy atom. The second-order valence-corrected chi connectivity index (χ2v) is 7.60. The maximum Gasteiger partial charge on any atom is 0.341 e. The summed E-state index contributed by atoms with van der Waals surface area (Å²) in [6.07, 6.45) is 4.40. The fraction of sp³-hybridized carbons (Fsp3) is 0.318. The molecule has 0 spiro atoms. The Morgan fingerprint density at radius 3 is 2.77 bits per heavy atom. The quantitative estimate of drug-likeness (QED) is 0.599. The number of pyridine rings is 3. The number of hydrogen-bond donors (Lipinski definition) is 2. The highest BCUT2D eigenvalue weighted by Crippen LogP contribution is 2.44. The molecule has 1 fully saturated rings.